The number of aromatic nitrogens is 1. The van der Waals surface area contributed by atoms with Gasteiger partial charge in [0, 0.05) is 50.6 Å². The topological polar surface area (TPSA) is 125 Å². The molecule has 36 heavy (non-hydrogen) atoms. The second kappa shape index (κ2) is 11.4. The molecule has 12 heteroatoms. The SMILES string of the molecule is COC(=O)N1C[C@@H](Oc2cncc(Cl)c2)C[C@H](C(=O)NO)[C@H]1C(=O)N1CCN(c2ccccc2)CC1. The summed E-state index contributed by atoms with van der Waals surface area (Å²) in [7, 11) is 1.20. The first kappa shape index (κ1) is 25.5. The third-order valence-corrected chi connectivity index (χ3v) is 6.65. The maximum absolute atomic E-state index is 13.7. The van der Waals surface area contributed by atoms with Crippen molar-refractivity contribution in [3.05, 3.63) is 53.8 Å². The van der Waals surface area contributed by atoms with Crippen LogP contribution in [0.5, 0.6) is 5.75 Å². The van der Waals surface area contributed by atoms with Crippen molar-refractivity contribution in [1.82, 2.24) is 20.3 Å². The Morgan fingerprint density at radius 3 is 2.47 bits per heavy atom. The molecule has 2 aliphatic rings. The molecule has 3 atom stereocenters. The third-order valence-electron chi connectivity index (χ3n) is 6.44. The Morgan fingerprint density at radius 1 is 1.11 bits per heavy atom. The molecule has 192 valence electrons. The lowest BCUT2D eigenvalue weighted by Crippen LogP contribution is -2.64. The van der Waals surface area contributed by atoms with E-state index < -0.39 is 30.1 Å². The molecule has 2 fully saturated rings. The zero-order chi connectivity index (χ0) is 25.7. The van der Waals surface area contributed by atoms with Gasteiger partial charge in [-0.25, -0.2) is 10.3 Å². The number of piperazine rings is 1. The second-order valence-corrected chi connectivity index (χ2v) is 9.05. The summed E-state index contributed by atoms with van der Waals surface area (Å²) in [6.07, 6.45) is 1.53. The fourth-order valence-corrected chi connectivity index (χ4v) is 4.89. The zero-order valence-corrected chi connectivity index (χ0v) is 20.5. The lowest BCUT2D eigenvalue weighted by Gasteiger charge is -2.45. The van der Waals surface area contributed by atoms with Gasteiger partial charge in [0.25, 0.3) is 0 Å². The number of carbonyl (C=O) groups excluding carboxylic acids is 3. The number of nitrogens with zero attached hydrogens (tertiary/aromatic N) is 4. The molecule has 4 rings (SSSR count). The van der Waals surface area contributed by atoms with Gasteiger partial charge >= 0.3 is 6.09 Å². The minimum absolute atomic E-state index is 0.00518. The van der Waals surface area contributed by atoms with Gasteiger partial charge in [0.05, 0.1) is 30.8 Å². The van der Waals surface area contributed by atoms with E-state index in [4.69, 9.17) is 21.1 Å². The predicted molar refractivity (Wildman–Crippen MR) is 130 cm³/mol. The summed E-state index contributed by atoms with van der Waals surface area (Å²) in [6.45, 7) is 2.03. The number of piperidine rings is 1. The van der Waals surface area contributed by atoms with Crippen LogP contribution in [-0.4, -0.2) is 89.9 Å². The van der Waals surface area contributed by atoms with Crippen LogP contribution < -0.4 is 15.1 Å². The summed E-state index contributed by atoms with van der Waals surface area (Å²) in [5.74, 6) is -1.89. The predicted octanol–water partition coefficient (Wildman–Crippen LogP) is 1.79. The van der Waals surface area contributed by atoms with Crippen LogP contribution in [0.25, 0.3) is 0 Å². The van der Waals surface area contributed by atoms with Gasteiger partial charge in [-0.2, -0.15) is 0 Å². The van der Waals surface area contributed by atoms with Gasteiger partial charge in [-0.15, -0.1) is 0 Å². The minimum Gasteiger partial charge on any atom is -0.487 e. The van der Waals surface area contributed by atoms with Gasteiger partial charge in [-0.05, 0) is 12.1 Å². The number of benzene rings is 1. The summed E-state index contributed by atoms with van der Waals surface area (Å²) >= 11 is 5.99. The van der Waals surface area contributed by atoms with Crippen molar-refractivity contribution in [2.24, 2.45) is 5.92 Å². The van der Waals surface area contributed by atoms with E-state index in [1.54, 1.807) is 16.4 Å². The number of ether oxygens (including phenoxy) is 2. The van der Waals surface area contributed by atoms with Crippen molar-refractivity contribution in [2.45, 2.75) is 18.6 Å². The number of hydrogen-bond acceptors (Lipinski definition) is 8. The van der Waals surface area contributed by atoms with Gasteiger partial charge in [-0.1, -0.05) is 29.8 Å². The number of likely N-dealkylation sites (tertiary alicyclic amines) is 1. The van der Waals surface area contributed by atoms with Gasteiger partial charge in [-0.3, -0.25) is 24.7 Å². The van der Waals surface area contributed by atoms with E-state index in [1.807, 2.05) is 30.3 Å². The highest BCUT2D eigenvalue weighted by Crippen LogP contribution is 2.30. The van der Waals surface area contributed by atoms with Crippen molar-refractivity contribution in [2.75, 3.05) is 44.7 Å². The molecule has 0 unspecified atom stereocenters. The summed E-state index contributed by atoms with van der Waals surface area (Å²) < 4.78 is 10.9. The molecule has 3 heterocycles. The normalized spacial score (nSPS) is 22.1. The van der Waals surface area contributed by atoms with Gasteiger partial charge in [0.1, 0.15) is 17.9 Å². The van der Waals surface area contributed by atoms with Crippen LogP contribution in [0.2, 0.25) is 5.02 Å². The second-order valence-electron chi connectivity index (χ2n) is 8.61. The molecule has 2 aromatic rings. The molecule has 0 radical (unpaired) electrons. The van der Waals surface area contributed by atoms with E-state index in [9.17, 15) is 19.6 Å². The number of amides is 3. The Balaban J connectivity index is 1.53. The Bertz CT molecular complexity index is 1060. The molecular formula is C24H28ClN5O6. The number of hydroxylamine groups is 1. The number of hydrogen-bond donors (Lipinski definition) is 2. The molecule has 0 spiro atoms. The van der Waals surface area contributed by atoms with Crippen molar-refractivity contribution in [3.8, 4) is 5.75 Å². The van der Waals surface area contributed by atoms with Crippen molar-refractivity contribution >= 4 is 35.2 Å². The summed E-state index contributed by atoms with van der Waals surface area (Å²) in [5, 5.41) is 9.78. The Kier molecular flexibility index (Phi) is 8.11. The molecule has 3 amide bonds. The third kappa shape index (κ3) is 5.63. The fourth-order valence-electron chi connectivity index (χ4n) is 4.73. The fraction of sp³-hybridized carbons (Fsp3) is 0.417. The molecule has 1 aromatic heterocycles. The van der Waals surface area contributed by atoms with Crippen LogP contribution in [0.1, 0.15) is 6.42 Å². The number of anilines is 1. The number of para-hydroxylation sites is 1. The number of methoxy groups -OCH3 is 1. The number of nitrogens with one attached hydrogen (secondary N) is 1. The standard InChI is InChI=1S/C24H28ClN5O6/c1-35-24(33)30-15-19(36-18-11-16(25)13-26-14-18)12-20(22(31)27-34)21(30)23(32)29-9-7-28(8-10-29)17-5-3-2-4-6-17/h2-6,11,13-14,19-21,34H,7-10,12,15H2,1H3,(H,27,31)/t19-,20-,21-/m0/s1. The maximum Gasteiger partial charge on any atom is 0.410 e. The molecule has 0 bridgehead atoms. The maximum atomic E-state index is 13.7. The van der Waals surface area contributed by atoms with Crippen LogP contribution >= 0.6 is 11.6 Å². The summed E-state index contributed by atoms with van der Waals surface area (Å²) in [6, 6.07) is 10.3. The Hall–Kier alpha value is -3.57. The van der Waals surface area contributed by atoms with Crippen LogP contribution in [0.3, 0.4) is 0 Å². The smallest absolute Gasteiger partial charge is 0.410 e. The van der Waals surface area contributed by atoms with E-state index in [-0.39, 0.29) is 18.9 Å². The minimum atomic E-state index is -1.16. The Labute approximate surface area is 213 Å². The van der Waals surface area contributed by atoms with Gasteiger partial charge in [0.2, 0.25) is 11.8 Å². The van der Waals surface area contributed by atoms with E-state index in [0.717, 1.165) is 5.69 Å². The molecular weight excluding hydrogens is 490 g/mol. The lowest BCUT2D eigenvalue weighted by atomic mass is 9.86. The zero-order valence-electron chi connectivity index (χ0n) is 19.7. The molecule has 2 N–H and O–H groups in total. The quantitative estimate of drug-likeness (QED) is 0.454. The first-order valence-electron chi connectivity index (χ1n) is 11.6. The monoisotopic (exact) mass is 517 g/mol. The number of rotatable bonds is 5. The van der Waals surface area contributed by atoms with Crippen molar-refractivity contribution in [3.63, 3.8) is 0 Å². The first-order chi connectivity index (χ1) is 17.4. The molecule has 0 saturated carbocycles. The number of pyridine rings is 1. The molecule has 2 aliphatic heterocycles. The molecule has 11 nitrogen and oxygen atoms in total. The average molecular weight is 518 g/mol. The van der Waals surface area contributed by atoms with Crippen LogP contribution in [0, 0.1) is 5.92 Å². The van der Waals surface area contributed by atoms with Crippen molar-refractivity contribution < 1.29 is 29.1 Å². The van der Waals surface area contributed by atoms with Gasteiger partial charge in [0.15, 0.2) is 0 Å². The van der Waals surface area contributed by atoms with Crippen LogP contribution in [0.15, 0.2) is 48.8 Å². The number of halogens is 1. The van der Waals surface area contributed by atoms with E-state index in [2.05, 4.69) is 9.88 Å². The van der Waals surface area contributed by atoms with Crippen LogP contribution in [0.4, 0.5) is 10.5 Å². The van der Waals surface area contributed by atoms with E-state index in [1.165, 1.54) is 24.4 Å². The van der Waals surface area contributed by atoms with E-state index in [0.29, 0.717) is 37.0 Å². The average Bonchev–Trinajstić information content (AvgIpc) is 2.92. The summed E-state index contributed by atoms with van der Waals surface area (Å²) in [5.41, 5.74) is 2.70. The lowest BCUT2D eigenvalue weighted by molar-refractivity contribution is -0.151. The summed E-state index contributed by atoms with van der Waals surface area (Å²) in [4.78, 5) is 48.1. The highest BCUT2D eigenvalue weighted by atomic mass is 35.5. The van der Waals surface area contributed by atoms with Crippen LogP contribution in [-0.2, 0) is 14.3 Å². The largest absolute Gasteiger partial charge is 0.487 e. The molecule has 2 saturated heterocycles. The van der Waals surface area contributed by atoms with Crippen molar-refractivity contribution in [1.29, 1.82) is 0 Å². The molecule has 1 aromatic carbocycles. The highest BCUT2D eigenvalue weighted by molar-refractivity contribution is 6.30. The molecule has 0 aliphatic carbocycles. The first-order valence-corrected chi connectivity index (χ1v) is 11.9. The van der Waals surface area contributed by atoms with E-state index >= 15 is 0 Å². The Morgan fingerprint density at radius 2 is 1.83 bits per heavy atom. The number of carbonyl (C=O) groups is 3. The highest BCUT2D eigenvalue weighted by Gasteiger charge is 2.49. The van der Waals surface area contributed by atoms with Gasteiger partial charge < -0.3 is 19.3 Å².